The van der Waals surface area contributed by atoms with Crippen LogP contribution in [0.1, 0.15) is 25.8 Å². The van der Waals surface area contributed by atoms with E-state index in [0.717, 1.165) is 5.56 Å². The molecule has 1 unspecified atom stereocenters. The Labute approximate surface area is 177 Å². The summed E-state index contributed by atoms with van der Waals surface area (Å²) in [6.07, 6.45) is -0.836. The van der Waals surface area contributed by atoms with Crippen molar-refractivity contribution in [2.45, 2.75) is 39.3 Å². The van der Waals surface area contributed by atoms with E-state index in [4.69, 9.17) is 4.74 Å². The van der Waals surface area contributed by atoms with E-state index in [-0.39, 0.29) is 35.8 Å². The maximum Gasteiger partial charge on any atom is 0.272 e. The van der Waals surface area contributed by atoms with Gasteiger partial charge in [-0.15, -0.1) is 24.0 Å². The molecule has 2 N–H and O–H groups in total. The fourth-order valence-electron chi connectivity index (χ4n) is 2.08. The minimum Gasteiger partial charge on any atom is -0.488 e. The average Bonchev–Trinajstić information content (AvgIpc) is 2.56. The second kappa shape index (κ2) is 13.1. The highest BCUT2D eigenvalue weighted by Crippen LogP contribution is 2.15. The second-order valence-corrected chi connectivity index (χ2v) is 8.27. The van der Waals surface area contributed by atoms with Crippen molar-refractivity contribution in [3.05, 3.63) is 29.8 Å². The number of alkyl halides is 2. The molecule has 0 aromatic heterocycles. The van der Waals surface area contributed by atoms with Crippen LogP contribution in [0.25, 0.3) is 0 Å². The predicted octanol–water partition coefficient (Wildman–Crippen LogP) is 2.83. The summed E-state index contributed by atoms with van der Waals surface area (Å²) in [6.45, 7) is 4.16. The van der Waals surface area contributed by atoms with E-state index in [1.165, 1.54) is 6.26 Å². The van der Waals surface area contributed by atoms with Crippen LogP contribution in [-0.2, 0) is 16.4 Å². The topological polar surface area (TPSA) is 79.8 Å². The van der Waals surface area contributed by atoms with Crippen molar-refractivity contribution >= 4 is 39.8 Å². The summed E-state index contributed by atoms with van der Waals surface area (Å²) >= 11 is 0. The third-order valence-corrected chi connectivity index (χ3v) is 4.32. The van der Waals surface area contributed by atoms with Crippen molar-refractivity contribution in [1.82, 2.24) is 10.6 Å². The molecular weight excluding hydrogens is 491 g/mol. The van der Waals surface area contributed by atoms with Gasteiger partial charge >= 0.3 is 0 Å². The molecule has 1 aromatic rings. The smallest absolute Gasteiger partial charge is 0.272 e. The Bertz CT molecular complexity index is 688. The molecular formula is C17H28F2IN3O3S. The Morgan fingerprint density at radius 1 is 1.33 bits per heavy atom. The molecule has 0 heterocycles. The largest absolute Gasteiger partial charge is 0.488 e. The van der Waals surface area contributed by atoms with Crippen molar-refractivity contribution < 1.29 is 21.9 Å². The molecule has 0 bridgehead atoms. The first-order valence-electron chi connectivity index (χ1n) is 8.42. The Balaban J connectivity index is 0.00000676. The van der Waals surface area contributed by atoms with Gasteiger partial charge in [0.25, 0.3) is 6.43 Å². The summed E-state index contributed by atoms with van der Waals surface area (Å²) in [5, 5.41) is 6.25. The lowest BCUT2D eigenvalue weighted by Gasteiger charge is -2.17. The number of sulfone groups is 1. The number of nitrogens with one attached hydrogen (secondary N) is 2. The van der Waals surface area contributed by atoms with Gasteiger partial charge in [-0.05, 0) is 38.0 Å². The van der Waals surface area contributed by atoms with Gasteiger partial charge in [-0.1, -0.05) is 12.1 Å². The lowest BCUT2D eigenvalue weighted by molar-refractivity contribution is 0.0818. The molecule has 0 amide bonds. The van der Waals surface area contributed by atoms with E-state index < -0.39 is 22.9 Å². The minimum atomic E-state index is -3.01. The number of halogens is 3. The van der Waals surface area contributed by atoms with Crippen molar-refractivity contribution in [1.29, 1.82) is 0 Å². The summed E-state index contributed by atoms with van der Waals surface area (Å²) in [5.74, 6) is 1.04. The zero-order valence-electron chi connectivity index (χ0n) is 15.7. The maximum atomic E-state index is 12.2. The molecule has 0 aliphatic rings. The molecule has 10 heteroatoms. The van der Waals surface area contributed by atoms with E-state index in [1.54, 1.807) is 18.2 Å². The first-order chi connectivity index (χ1) is 12.2. The first-order valence-corrected chi connectivity index (χ1v) is 10.5. The third-order valence-electron chi connectivity index (χ3n) is 3.34. The van der Waals surface area contributed by atoms with Crippen LogP contribution in [0.3, 0.4) is 0 Å². The molecule has 0 saturated heterocycles. The molecule has 156 valence electrons. The quantitative estimate of drug-likeness (QED) is 0.283. The van der Waals surface area contributed by atoms with Crippen LogP contribution < -0.4 is 15.4 Å². The molecule has 0 aliphatic heterocycles. The van der Waals surface area contributed by atoms with E-state index in [2.05, 4.69) is 15.6 Å². The normalized spacial score (nSPS) is 13.0. The van der Waals surface area contributed by atoms with Crippen LogP contribution in [0, 0.1) is 0 Å². The predicted molar refractivity (Wildman–Crippen MR) is 115 cm³/mol. The molecule has 0 aliphatic carbocycles. The molecule has 0 saturated carbocycles. The number of hydrogen-bond donors (Lipinski definition) is 2. The van der Waals surface area contributed by atoms with E-state index in [1.807, 2.05) is 19.9 Å². The van der Waals surface area contributed by atoms with Gasteiger partial charge in [0.05, 0.1) is 12.3 Å². The Morgan fingerprint density at radius 2 is 2.04 bits per heavy atom. The lowest BCUT2D eigenvalue weighted by Crippen LogP contribution is -2.42. The summed E-state index contributed by atoms with van der Waals surface area (Å²) in [7, 11) is -3.01. The molecule has 1 atom stereocenters. The van der Waals surface area contributed by atoms with Gasteiger partial charge in [0.1, 0.15) is 22.2 Å². The first kappa shape index (κ1) is 25.8. The molecule has 1 aromatic carbocycles. The highest BCUT2D eigenvalue weighted by atomic mass is 127. The lowest BCUT2D eigenvalue weighted by atomic mass is 10.2. The van der Waals surface area contributed by atoms with Gasteiger partial charge in [-0.25, -0.2) is 22.2 Å². The highest BCUT2D eigenvalue weighted by molar-refractivity contribution is 14.0. The number of ether oxygens (including phenoxy) is 1. The van der Waals surface area contributed by atoms with Crippen molar-refractivity contribution in [3.8, 4) is 5.75 Å². The average molecular weight is 519 g/mol. The number of benzene rings is 1. The Morgan fingerprint density at radius 3 is 2.63 bits per heavy atom. The monoisotopic (exact) mass is 519 g/mol. The number of nitrogens with zero attached hydrogens (tertiary/aromatic N) is 1. The number of rotatable bonds is 10. The zero-order valence-corrected chi connectivity index (χ0v) is 18.9. The van der Waals surface area contributed by atoms with Crippen LogP contribution >= 0.6 is 24.0 Å². The molecule has 6 nitrogen and oxygen atoms in total. The molecule has 0 spiro atoms. The van der Waals surface area contributed by atoms with Crippen molar-refractivity contribution in [2.24, 2.45) is 4.99 Å². The van der Waals surface area contributed by atoms with Crippen molar-refractivity contribution in [2.75, 3.05) is 25.2 Å². The van der Waals surface area contributed by atoms with E-state index >= 15 is 0 Å². The summed E-state index contributed by atoms with van der Waals surface area (Å²) < 4.78 is 51.9. The fraction of sp³-hybridized carbons (Fsp3) is 0.588. The highest BCUT2D eigenvalue weighted by Gasteiger charge is 2.09. The standard InChI is InChI=1S/C17H27F2N3O3S.HI/c1-4-20-17(22-13(2)8-9-26(3,23)24)21-11-14-6-5-7-15(10-14)25-12-16(18)19;/h5-7,10,13,16H,4,8-9,11-12H2,1-3H3,(H2,20,21,22);1H. The van der Waals surface area contributed by atoms with Gasteiger partial charge < -0.3 is 15.4 Å². The maximum absolute atomic E-state index is 12.2. The van der Waals surface area contributed by atoms with E-state index in [0.29, 0.717) is 31.2 Å². The SMILES string of the molecule is CCNC(=NCc1cccc(OCC(F)F)c1)NC(C)CCS(C)(=O)=O.I. The van der Waals surface area contributed by atoms with E-state index in [9.17, 15) is 17.2 Å². The van der Waals surface area contributed by atoms with Crippen LogP contribution in [0.4, 0.5) is 8.78 Å². The minimum absolute atomic E-state index is 0. The van der Waals surface area contributed by atoms with Gasteiger partial charge in [0.15, 0.2) is 5.96 Å². The molecule has 27 heavy (non-hydrogen) atoms. The third kappa shape index (κ3) is 12.8. The number of aliphatic imine (C=N–C) groups is 1. The number of hydrogen-bond acceptors (Lipinski definition) is 4. The Kier molecular flexibility index (Phi) is 12.5. The molecule has 0 radical (unpaired) electrons. The van der Waals surface area contributed by atoms with Crippen LogP contribution in [-0.4, -0.2) is 52.0 Å². The van der Waals surface area contributed by atoms with Gasteiger partial charge in [0, 0.05) is 18.8 Å². The van der Waals surface area contributed by atoms with Crippen LogP contribution in [0.2, 0.25) is 0 Å². The molecule has 1 rings (SSSR count). The number of guanidine groups is 1. The summed E-state index contributed by atoms with van der Waals surface area (Å²) in [6, 6.07) is 6.77. The van der Waals surface area contributed by atoms with Gasteiger partial charge in [0.2, 0.25) is 0 Å². The second-order valence-electron chi connectivity index (χ2n) is 6.01. The van der Waals surface area contributed by atoms with Crippen LogP contribution in [0.5, 0.6) is 5.75 Å². The summed E-state index contributed by atoms with van der Waals surface area (Å²) in [5.41, 5.74) is 0.817. The fourth-order valence-corrected chi connectivity index (χ4v) is 2.86. The van der Waals surface area contributed by atoms with Crippen molar-refractivity contribution in [3.63, 3.8) is 0 Å². The van der Waals surface area contributed by atoms with Crippen LogP contribution in [0.15, 0.2) is 29.3 Å². The zero-order chi connectivity index (χ0) is 19.6. The van der Waals surface area contributed by atoms with Gasteiger partial charge in [-0.3, -0.25) is 0 Å². The Hall–Kier alpha value is -1.17. The molecule has 0 fully saturated rings. The van der Waals surface area contributed by atoms with Gasteiger partial charge in [-0.2, -0.15) is 0 Å². The summed E-state index contributed by atoms with van der Waals surface area (Å²) in [4.78, 5) is 4.45.